The van der Waals surface area contributed by atoms with E-state index in [0.717, 1.165) is 55.1 Å². The van der Waals surface area contributed by atoms with E-state index in [2.05, 4.69) is 20.9 Å². The molecule has 1 aromatic heterocycles. The van der Waals surface area contributed by atoms with Gasteiger partial charge in [0.2, 0.25) is 0 Å². The van der Waals surface area contributed by atoms with Crippen molar-refractivity contribution in [1.29, 1.82) is 5.26 Å². The zero-order valence-corrected chi connectivity index (χ0v) is 16.2. The summed E-state index contributed by atoms with van der Waals surface area (Å²) in [5, 5.41) is 21.7. The Morgan fingerprint density at radius 2 is 1.76 bits per heavy atom. The molecule has 0 spiro atoms. The van der Waals surface area contributed by atoms with Gasteiger partial charge in [0.15, 0.2) is 5.52 Å². The molecule has 0 radical (unpaired) electrons. The van der Waals surface area contributed by atoms with E-state index in [-0.39, 0.29) is 10.6 Å². The number of hydrogen-bond acceptors (Lipinski definition) is 6. The normalized spacial score (nSPS) is 14.5. The molecule has 7 nitrogen and oxygen atoms in total. The lowest BCUT2D eigenvalue weighted by molar-refractivity contribution is -0.383. The number of hydrogen-bond donors (Lipinski definition) is 0. The maximum atomic E-state index is 11.4. The number of pyridine rings is 1. The molecular weight excluding hydrogens is 366 g/mol. The molecule has 0 atom stereocenters. The Hall–Kier alpha value is -3.66. The lowest BCUT2D eigenvalue weighted by Crippen LogP contribution is -2.31. The molecule has 1 aliphatic heterocycles. The van der Waals surface area contributed by atoms with Gasteiger partial charge in [-0.15, -0.1) is 0 Å². The number of benzene rings is 2. The van der Waals surface area contributed by atoms with Gasteiger partial charge in [-0.2, -0.15) is 5.26 Å². The molecule has 2 heterocycles. The summed E-state index contributed by atoms with van der Waals surface area (Å²) in [5.74, 6) is 0. The minimum Gasteiger partial charge on any atom is -0.369 e. The number of nitro groups is 1. The number of non-ortho nitro benzene ring substituents is 1. The summed E-state index contributed by atoms with van der Waals surface area (Å²) >= 11 is 0. The largest absolute Gasteiger partial charge is 0.369 e. The second-order valence-corrected chi connectivity index (χ2v) is 7.17. The first kappa shape index (κ1) is 18.7. The third-order valence-corrected chi connectivity index (χ3v) is 5.32. The number of aryl methyl sites for hydroxylation is 1. The molecule has 0 saturated carbocycles. The molecule has 0 unspecified atom stereocenters. The van der Waals surface area contributed by atoms with Crippen molar-refractivity contribution in [3.8, 4) is 6.07 Å². The number of fused-ring (bicyclic) bond motifs is 1. The minimum absolute atomic E-state index is 0.0341. The number of para-hydroxylation sites is 2. The van der Waals surface area contributed by atoms with Gasteiger partial charge in [0.25, 0.3) is 5.69 Å². The minimum atomic E-state index is -0.373. The van der Waals surface area contributed by atoms with Gasteiger partial charge in [-0.25, -0.2) is 4.98 Å². The number of nitro benzene ring substituents is 1. The van der Waals surface area contributed by atoms with Crippen LogP contribution in [0.15, 0.2) is 48.5 Å². The zero-order valence-electron chi connectivity index (χ0n) is 16.2. The van der Waals surface area contributed by atoms with Gasteiger partial charge < -0.3 is 9.80 Å². The smallest absolute Gasteiger partial charge is 0.295 e. The van der Waals surface area contributed by atoms with Crippen molar-refractivity contribution < 1.29 is 4.92 Å². The summed E-state index contributed by atoms with van der Waals surface area (Å²) in [5.41, 5.74) is 3.85. The third-order valence-electron chi connectivity index (χ3n) is 5.32. The summed E-state index contributed by atoms with van der Waals surface area (Å²) < 4.78 is 0. The average molecular weight is 387 g/mol. The second kappa shape index (κ2) is 7.76. The van der Waals surface area contributed by atoms with E-state index in [1.54, 1.807) is 6.07 Å². The highest BCUT2D eigenvalue weighted by Gasteiger charge is 2.22. The van der Waals surface area contributed by atoms with Crippen molar-refractivity contribution in [2.45, 2.75) is 13.3 Å². The van der Waals surface area contributed by atoms with Crippen LogP contribution in [-0.2, 0) is 0 Å². The molecule has 29 heavy (non-hydrogen) atoms. The molecular formula is C22H21N5O2. The van der Waals surface area contributed by atoms with Gasteiger partial charge in [0, 0.05) is 49.0 Å². The Balaban J connectivity index is 1.68. The Labute approximate surface area is 169 Å². The van der Waals surface area contributed by atoms with Crippen molar-refractivity contribution >= 4 is 28.0 Å². The van der Waals surface area contributed by atoms with Crippen LogP contribution in [0.4, 0.5) is 17.1 Å². The Kier molecular flexibility index (Phi) is 5.00. The molecule has 0 amide bonds. The highest BCUT2D eigenvalue weighted by Crippen LogP contribution is 2.33. The van der Waals surface area contributed by atoms with E-state index in [1.807, 2.05) is 43.3 Å². The van der Waals surface area contributed by atoms with Crippen LogP contribution in [-0.4, -0.2) is 36.1 Å². The van der Waals surface area contributed by atoms with Crippen molar-refractivity contribution in [1.82, 2.24) is 4.98 Å². The molecule has 2 aromatic carbocycles. The fraction of sp³-hybridized carbons (Fsp3) is 0.273. The number of aromatic nitrogens is 1. The first-order valence-corrected chi connectivity index (χ1v) is 9.62. The van der Waals surface area contributed by atoms with Gasteiger partial charge in [0.05, 0.1) is 16.2 Å². The maximum Gasteiger partial charge on any atom is 0.295 e. The molecule has 146 valence electrons. The standard InChI is InChI=1S/C22H21N5O2/c1-16-14-21(18-7-4-9-20(27(28)29)22(18)24-16)26-11-5-10-25(12-13-26)19-8-3-2-6-17(19)15-23/h2-4,6-9,14H,5,10-13H2,1H3. The van der Waals surface area contributed by atoms with E-state index in [4.69, 9.17) is 0 Å². The van der Waals surface area contributed by atoms with E-state index >= 15 is 0 Å². The summed E-state index contributed by atoms with van der Waals surface area (Å²) in [4.78, 5) is 20.0. The quantitative estimate of drug-likeness (QED) is 0.498. The van der Waals surface area contributed by atoms with Crippen LogP contribution in [0.3, 0.4) is 0 Å². The van der Waals surface area contributed by atoms with Crippen LogP contribution < -0.4 is 9.80 Å². The van der Waals surface area contributed by atoms with E-state index in [1.165, 1.54) is 6.07 Å². The summed E-state index contributed by atoms with van der Waals surface area (Å²) in [6.45, 7) is 5.11. The van der Waals surface area contributed by atoms with Crippen molar-refractivity contribution in [2.75, 3.05) is 36.0 Å². The molecule has 0 bridgehead atoms. The molecule has 1 aliphatic rings. The summed E-state index contributed by atoms with van der Waals surface area (Å²) in [7, 11) is 0. The maximum absolute atomic E-state index is 11.4. The van der Waals surface area contributed by atoms with E-state index < -0.39 is 0 Å². The monoisotopic (exact) mass is 387 g/mol. The number of anilines is 2. The van der Waals surface area contributed by atoms with Crippen molar-refractivity contribution in [3.63, 3.8) is 0 Å². The van der Waals surface area contributed by atoms with Crippen LogP contribution in [0.1, 0.15) is 17.7 Å². The Morgan fingerprint density at radius 1 is 1.03 bits per heavy atom. The third kappa shape index (κ3) is 3.57. The van der Waals surface area contributed by atoms with Crippen LogP contribution in [0.5, 0.6) is 0 Å². The van der Waals surface area contributed by atoms with Gasteiger partial charge in [0.1, 0.15) is 6.07 Å². The van der Waals surface area contributed by atoms with Gasteiger partial charge in [-0.1, -0.05) is 24.3 Å². The zero-order chi connectivity index (χ0) is 20.4. The average Bonchev–Trinajstić information content (AvgIpc) is 2.98. The van der Waals surface area contributed by atoms with Gasteiger partial charge in [-0.05, 0) is 31.5 Å². The number of nitriles is 1. The molecule has 3 aromatic rings. The van der Waals surface area contributed by atoms with Crippen LogP contribution in [0.25, 0.3) is 10.9 Å². The summed E-state index contributed by atoms with van der Waals surface area (Å²) in [6, 6.07) is 17.1. The predicted octanol–water partition coefficient (Wildman–Crippen LogP) is 4.04. The number of nitrogens with zero attached hydrogens (tertiary/aromatic N) is 5. The van der Waals surface area contributed by atoms with Gasteiger partial charge >= 0.3 is 0 Å². The Morgan fingerprint density at radius 3 is 2.48 bits per heavy atom. The molecule has 7 heteroatoms. The molecule has 4 rings (SSSR count). The topological polar surface area (TPSA) is 86.3 Å². The Bertz CT molecular complexity index is 1120. The molecule has 1 fully saturated rings. The highest BCUT2D eigenvalue weighted by atomic mass is 16.6. The first-order chi connectivity index (χ1) is 14.1. The van der Waals surface area contributed by atoms with Crippen molar-refractivity contribution in [2.24, 2.45) is 0 Å². The van der Waals surface area contributed by atoms with Crippen LogP contribution in [0.2, 0.25) is 0 Å². The summed E-state index contributed by atoms with van der Waals surface area (Å²) in [6.07, 6.45) is 0.928. The van der Waals surface area contributed by atoms with Crippen LogP contribution >= 0.6 is 0 Å². The molecule has 0 N–H and O–H groups in total. The predicted molar refractivity (Wildman–Crippen MR) is 113 cm³/mol. The van der Waals surface area contributed by atoms with E-state index in [0.29, 0.717) is 11.1 Å². The first-order valence-electron chi connectivity index (χ1n) is 9.62. The van der Waals surface area contributed by atoms with Crippen LogP contribution in [0, 0.1) is 28.4 Å². The SMILES string of the molecule is Cc1cc(N2CCCN(c3ccccc3C#N)CC2)c2cccc([N+](=O)[O-])c2n1. The van der Waals surface area contributed by atoms with Gasteiger partial charge in [-0.3, -0.25) is 10.1 Å². The highest BCUT2D eigenvalue weighted by molar-refractivity contribution is 5.97. The fourth-order valence-electron chi connectivity index (χ4n) is 3.99. The van der Waals surface area contributed by atoms with Crippen molar-refractivity contribution in [3.05, 3.63) is 69.9 Å². The second-order valence-electron chi connectivity index (χ2n) is 7.17. The van der Waals surface area contributed by atoms with E-state index in [9.17, 15) is 15.4 Å². The fourth-order valence-corrected chi connectivity index (χ4v) is 3.99. The lowest BCUT2D eigenvalue weighted by atomic mass is 10.1. The molecule has 0 aliphatic carbocycles. The molecule has 1 saturated heterocycles. The lowest BCUT2D eigenvalue weighted by Gasteiger charge is -2.26. The number of rotatable bonds is 3.